The van der Waals surface area contributed by atoms with Crippen LogP contribution in [-0.2, 0) is 22.6 Å². The molecule has 1 amide bonds. The zero-order chi connectivity index (χ0) is 23.1. The number of nitrogens with zero attached hydrogens (tertiary/aromatic N) is 2. The van der Waals surface area contributed by atoms with Gasteiger partial charge in [-0.15, -0.1) is 0 Å². The number of nitro benzene ring substituents is 1. The molecule has 0 aliphatic carbocycles. The van der Waals surface area contributed by atoms with E-state index in [2.05, 4.69) is 0 Å². The monoisotopic (exact) mass is 432 g/mol. The lowest BCUT2D eigenvalue weighted by atomic mass is 10.1. The van der Waals surface area contributed by atoms with Gasteiger partial charge in [0, 0.05) is 19.2 Å². The first-order valence-electron chi connectivity index (χ1n) is 10.2. The minimum atomic E-state index is -1.12. The zero-order valence-corrected chi connectivity index (χ0v) is 17.9. The normalized spacial score (nSPS) is 11.4. The Morgan fingerprint density at radius 2 is 1.44 bits per heavy atom. The molecule has 1 atom stereocenters. The van der Waals surface area contributed by atoms with Gasteiger partial charge in [0.2, 0.25) is 0 Å². The van der Waals surface area contributed by atoms with Crippen LogP contribution in [0.4, 0.5) is 5.69 Å². The van der Waals surface area contributed by atoms with E-state index in [9.17, 15) is 19.7 Å². The summed E-state index contributed by atoms with van der Waals surface area (Å²) in [5, 5.41) is 11.3. The van der Waals surface area contributed by atoms with Crippen molar-refractivity contribution in [2.75, 3.05) is 0 Å². The summed E-state index contributed by atoms with van der Waals surface area (Å²) >= 11 is 0. The van der Waals surface area contributed by atoms with Crippen molar-refractivity contribution in [1.29, 1.82) is 0 Å². The minimum Gasteiger partial charge on any atom is -0.449 e. The lowest BCUT2D eigenvalue weighted by Gasteiger charge is -2.26. The maximum Gasteiger partial charge on any atom is 0.346 e. The quantitative estimate of drug-likeness (QED) is 0.293. The van der Waals surface area contributed by atoms with Gasteiger partial charge in [-0.3, -0.25) is 14.9 Å². The number of carbonyl (C=O) groups excluding carboxylic acids is 2. The number of amides is 1. The highest BCUT2D eigenvalue weighted by atomic mass is 16.6. The molecule has 0 bridgehead atoms. The lowest BCUT2D eigenvalue weighted by Crippen LogP contribution is -2.39. The average Bonchev–Trinajstić information content (AvgIpc) is 2.79. The van der Waals surface area contributed by atoms with E-state index in [1.807, 2.05) is 60.7 Å². The van der Waals surface area contributed by atoms with Gasteiger partial charge < -0.3 is 9.64 Å². The molecule has 0 aliphatic rings. The molecule has 3 aromatic rings. The van der Waals surface area contributed by atoms with Gasteiger partial charge in [0.1, 0.15) is 5.56 Å². The van der Waals surface area contributed by atoms with E-state index < -0.39 is 17.0 Å². The summed E-state index contributed by atoms with van der Waals surface area (Å²) in [5.74, 6) is -1.28. The van der Waals surface area contributed by atoms with Crippen LogP contribution >= 0.6 is 0 Å². The van der Waals surface area contributed by atoms with Crippen LogP contribution in [0.1, 0.15) is 34.0 Å². The summed E-state index contributed by atoms with van der Waals surface area (Å²) in [7, 11) is 0. The summed E-state index contributed by atoms with van der Waals surface area (Å²) in [5.41, 5.74) is 1.79. The van der Waals surface area contributed by atoms with E-state index >= 15 is 0 Å². The number of ether oxygens (including phenoxy) is 1. The fourth-order valence-corrected chi connectivity index (χ4v) is 3.42. The second-order valence-corrected chi connectivity index (χ2v) is 7.44. The molecular formula is C25H24N2O5. The van der Waals surface area contributed by atoms with Gasteiger partial charge in [0.25, 0.3) is 11.6 Å². The summed E-state index contributed by atoms with van der Waals surface area (Å²) in [6, 6.07) is 23.3. The molecule has 0 heterocycles. The smallest absolute Gasteiger partial charge is 0.346 e. The van der Waals surface area contributed by atoms with Gasteiger partial charge in [-0.05, 0) is 30.5 Å². The summed E-state index contributed by atoms with van der Waals surface area (Å²) < 4.78 is 5.39. The van der Waals surface area contributed by atoms with Gasteiger partial charge in [-0.2, -0.15) is 0 Å². The minimum absolute atomic E-state index is 0.144. The molecule has 0 saturated heterocycles. The van der Waals surface area contributed by atoms with Crippen LogP contribution in [0.25, 0.3) is 0 Å². The summed E-state index contributed by atoms with van der Waals surface area (Å²) in [4.78, 5) is 38.3. The van der Waals surface area contributed by atoms with Crippen molar-refractivity contribution in [3.05, 3.63) is 111 Å². The zero-order valence-electron chi connectivity index (χ0n) is 17.9. The van der Waals surface area contributed by atoms with Gasteiger partial charge in [-0.25, -0.2) is 4.79 Å². The SMILES string of the molecule is Cc1cccc([N+](=O)[O-])c1C(=O)OC(C)C(=O)N(Cc1ccccc1)Cc1ccccc1. The van der Waals surface area contributed by atoms with E-state index in [1.54, 1.807) is 17.9 Å². The largest absolute Gasteiger partial charge is 0.449 e. The Labute approximate surface area is 186 Å². The third kappa shape index (κ3) is 5.57. The Bertz CT molecular complexity index is 1060. The molecule has 0 aliphatic heterocycles. The fourth-order valence-electron chi connectivity index (χ4n) is 3.42. The van der Waals surface area contributed by atoms with Crippen molar-refractivity contribution in [2.45, 2.75) is 33.0 Å². The molecule has 0 N–H and O–H groups in total. The first-order valence-corrected chi connectivity index (χ1v) is 10.2. The van der Waals surface area contributed by atoms with E-state index in [1.165, 1.54) is 19.1 Å². The molecule has 32 heavy (non-hydrogen) atoms. The summed E-state index contributed by atoms with van der Waals surface area (Å²) in [6.07, 6.45) is -1.12. The standard InChI is InChI=1S/C25H24N2O5/c1-18-10-9-15-22(27(30)31)23(18)25(29)32-19(2)24(28)26(16-20-11-5-3-6-12-20)17-21-13-7-4-8-14-21/h3-15,19H,16-17H2,1-2H3. The van der Waals surface area contributed by atoms with Crippen LogP contribution in [-0.4, -0.2) is 27.8 Å². The molecule has 0 fully saturated rings. The second-order valence-electron chi connectivity index (χ2n) is 7.44. The van der Waals surface area contributed by atoms with Crippen LogP contribution in [0, 0.1) is 17.0 Å². The van der Waals surface area contributed by atoms with Gasteiger partial charge in [-0.1, -0.05) is 72.8 Å². The Balaban J connectivity index is 1.81. The van der Waals surface area contributed by atoms with E-state index in [0.717, 1.165) is 11.1 Å². The Kier molecular flexibility index (Phi) is 7.33. The molecule has 1 unspecified atom stereocenters. The van der Waals surface area contributed by atoms with Crippen LogP contribution in [0.2, 0.25) is 0 Å². The fraction of sp³-hybridized carbons (Fsp3) is 0.200. The summed E-state index contributed by atoms with van der Waals surface area (Å²) in [6.45, 7) is 3.74. The molecule has 3 rings (SSSR count). The number of esters is 1. The van der Waals surface area contributed by atoms with Crippen LogP contribution in [0.5, 0.6) is 0 Å². The highest BCUT2D eigenvalue weighted by molar-refractivity contribution is 5.97. The average molecular weight is 432 g/mol. The Hall–Kier alpha value is -4.00. The van der Waals surface area contributed by atoms with Crippen molar-refractivity contribution in [3.63, 3.8) is 0 Å². The Morgan fingerprint density at radius 3 is 1.94 bits per heavy atom. The highest BCUT2D eigenvalue weighted by Gasteiger charge is 2.29. The van der Waals surface area contributed by atoms with E-state index in [-0.39, 0.29) is 17.2 Å². The molecule has 164 valence electrons. The van der Waals surface area contributed by atoms with Crippen molar-refractivity contribution < 1.29 is 19.2 Å². The van der Waals surface area contributed by atoms with Gasteiger partial charge in [0.15, 0.2) is 6.10 Å². The van der Waals surface area contributed by atoms with Crippen molar-refractivity contribution in [3.8, 4) is 0 Å². The van der Waals surface area contributed by atoms with E-state index in [4.69, 9.17) is 4.74 Å². The second kappa shape index (κ2) is 10.3. The molecule has 7 nitrogen and oxygen atoms in total. The lowest BCUT2D eigenvalue weighted by molar-refractivity contribution is -0.385. The topological polar surface area (TPSA) is 89.7 Å². The number of benzene rings is 3. The maximum absolute atomic E-state index is 13.2. The van der Waals surface area contributed by atoms with Crippen molar-refractivity contribution in [2.24, 2.45) is 0 Å². The number of aryl methyl sites for hydroxylation is 1. The molecule has 0 saturated carbocycles. The van der Waals surface area contributed by atoms with Crippen LogP contribution in [0.15, 0.2) is 78.9 Å². The number of hydrogen-bond donors (Lipinski definition) is 0. The number of carbonyl (C=O) groups is 2. The van der Waals surface area contributed by atoms with E-state index in [0.29, 0.717) is 18.7 Å². The van der Waals surface area contributed by atoms with Crippen molar-refractivity contribution in [1.82, 2.24) is 4.90 Å². The molecule has 3 aromatic carbocycles. The van der Waals surface area contributed by atoms with Gasteiger partial charge >= 0.3 is 5.97 Å². The molecular weight excluding hydrogens is 408 g/mol. The predicted molar refractivity (Wildman–Crippen MR) is 120 cm³/mol. The predicted octanol–water partition coefficient (Wildman–Crippen LogP) is 4.68. The first kappa shape index (κ1) is 22.7. The highest BCUT2D eigenvalue weighted by Crippen LogP contribution is 2.23. The van der Waals surface area contributed by atoms with Crippen molar-refractivity contribution >= 4 is 17.6 Å². The number of rotatable bonds is 8. The Morgan fingerprint density at radius 1 is 0.906 bits per heavy atom. The number of nitro groups is 1. The van der Waals surface area contributed by atoms with Crippen LogP contribution in [0.3, 0.4) is 0 Å². The molecule has 0 spiro atoms. The third-order valence-electron chi connectivity index (χ3n) is 5.03. The maximum atomic E-state index is 13.2. The molecule has 0 aromatic heterocycles. The van der Waals surface area contributed by atoms with Crippen LogP contribution < -0.4 is 0 Å². The third-order valence-corrected chi connectivity index (χ3v) is 5.03. The van der Waals surface area contributed by atoms with Gasteiger partial charge in [0.05, 0.1) is 4.92 Å². The number of hydrogen-bond acceptors (Lipinski definition) is 5. The first-order chi connectivity index (χ1) is 15.4. The molecule has 7 heteroatoms. The molecule has 0 radical (unpaired) electrons.